The number of aliphatic hydroxyl groups excluding tert-OH is 1. The van der Waals surface area contributed by atoms with E-state index in [9.17, 15) is 9.90 Å². The van der Waals surface area contributed by atoms with Crippen LogP contribution in [-0.4, -0.2) is 47.4 Å². The van der Waals surface area contributed by atoms with E-state index < -0.39 is 17.8 Å². The largest absolute Gasteiger partial charge is 0.444 e. The first-order valence-corrected chi connectivity index (χ1v) is 8.13. The van der Waals surface area contributed by atoms with Crippen molar-refractivity contribution in [3.05, 3.63) is 35.9 Å². The van der Waals surface area contributed by atoms with Gasteiger partial charge in [-0.15, -0.1) is 0 Å². The molecule has 5 heteroatoms. The summed E-state index contributed by atoms with van der Waals surface area (Å²) in [6.45, 7) is 10.6. The molecule has 0 saturated carbocycles. The predicted molar refractivity (Wildman–Crippen MR) is 92.3 cm³/mol. The van der Waals surface area contributed by atoms with E-state index >= 15 is 0 Å². The minimum absolute atomic E-state index is 0.197. The quantitative estimate of drug-likeness (QED) is 0.810. The molecule has 0 heterocycles. The molecule has 2 N–H and O–H groups in total. The van der Waals surface area contributed by atoms with Crippen molar-refractivity contribution in [2.75, 3.05) is 19.6 Å². The standard InChI is InChI=1S/C18H30N2O3/c1-14(21)13-20(17(22)23-18(3,4)5)12-11-19-15(2)16-9-7-6-8-10-16/h6-10,14-15,19,21H,11-13H2,1-5H3. The van der Waals surface area contributed by atoms with Gasteiger partial charge in [0.1, 0.15) is 5.60 Å². The summed E-state index contributed by atoms with van der Waals surface area (Å²) in [5.74, 6) is 0. The molecule has 0 fully saturated rings. The van der Waals surface area contributed by atoms with Crippen molar-refractivity contribution >= 4 is 6.09 Å². The molecule has 1 aromatic rings. The molecule has 23 heavy (non-hydrogen) atoms. The summed E-state index contributed by atoms with van der Waals surface area (Å²) >= 11 is 0. The summed E-state index contributed by atoms with van der Waals surface area (Å²) in [5.41, 5.74) is 0.658. The Kier molecular flexibility index (Phi) is 7.52. The summed E-state index contributed by atoms with van der Waals surface area (Å²) in [4.78, 5) is 13.7. The molecule has 2 unspecified atom stereocenters. The number of aliphatic hydroxyl groups is 1. The zero-order valence-electron chi connectivity index (χ0n) is 14.9. The number of amides is 1. The van der Waals surface area contributed by atoms with Gasteiger partial charge in [0.2, 0.25) is 0 Å². The molecule has 0 aromatic heterocycles. The van der Waals surface area contributed by atoms with E-state index in [1.165, 1.54) is 5.56 Å². The summed E-state index contributed by atoms with van der Waals surface area (Å²) in [7, 11) is 0. The highest BCUT2D eigenvalue weighted by molar-refractivity contribution is 5.68. The van der Waals surface area contributed by atoms with E-state index in [2.05, 4.69) is 24.4 Å². The van der Waals surface area contributed by atoms with Gasteiger partial charge >= 0.3 is 6.09 Å². The average molecular weight is 322 g/mol. The van der Waals surface area contributed by atoms with E-state index in [1.807, 2.05) is 39.0 Å². The molecule has 0 aliphatic rings. The second kappa shape index (κ2) is 8.89. The van der Waals surface area contributed by atoms with Gasteiger partial charge in [-0.3, -0.25) is 0 Å². The first-order valence-electron chi connectivity index (χ1n) is 8.13. The van der Waals surface area contributed by atoms with Crippen LogP contribution in [0.4, 0.5) is 4.79 Å². The molecule has 0 radical (unpaired) electrons. The van der Waals surface area contributed by atoms with Gasteiger partial charge in [0, 0.05) is 25.7 Å². The third kappa shape index (κ3) is 8.00. The first kappa shape index (κ1) is 19.5. The SMILES string of the molecule is CC(O)CN(CCNC(C)c1ccccc1)C(=O)OC(C)(C)C. The maximum absolute atomic E-state index is 12.2. The zero-order chi connectivity index (χ0) is 17.5. The van der Waals surface area contributed by atoms with Crippen LogP contribution in [0.25, 0.3) is 0 Å². The van der Waals surface area contributed by atoms with Gasteiger partial charge in [0.25, 0.3) is 0 Å². The number of nitrogens with one attached hydrogen (secondary N) is 1. The number of hydrogen-bond donors (Lipinski definition) is 2. The van der Waals surface area contributed by atoms with Crippen molar-refractivity contribution < 1.29 is 14.6 Å². The minimum Gasteiger partial charge on any atom is -0.444 e. The van der Waals surface area contributed by atoms with Gasteiger partial charge in [-0.2, -0.15) is 0 Å². The fourth-order valence-electron chi connectivity index (χ4n) is 2.18. The fourth-order valence-corrected chi connectivity index (χ4v) is 2.18. The number of carbonyl (C=O) groups excluding carboxylic acids is 1. The van der Waals surface area contributed by atoms with Crippen LogP contribution in [0.2, 0.25) is 0 Å². The van der Waals surface area contributed by atoms with Crippen LogP contribution in [0.1, 0.15) is 46.2 Å². The summed E-state index contributed by atoms with van der Waals surface area (Å²) in [6.07, 6.45) is -0.985. The number of hydrogen-bond acceptors (Lipinski definition) is 4. The molecule has 1 amide bonds. The molecule has 130 valence electrons. The first-order chi connectivity index (χ1) is 10.7. The molecule has 0 spiro atoms. The van der Waals surface area contributed by atoms with E-state index in [0.29, 0.717) is 13.1 Å². The van der Waals surface area contributed by atoms with Gasteiger partial charge in [-0.25, -0.2) is 4.79 Å². The van der Waals surface area contributed by atoms with E-state index in [-0.39, 0.29) is 12.6 Å². The Morgan fingerprint density at radius 2 is 1.87 bits per heavy atom. The molecular weight excluding hydrogens is 292 g/mol. The number of carbonyl (C=O) groups is 1. The van der Waals surface area contributed by atoms with Crippen LogP contribution < -0.4 is 5.32 Å². The van der Waals surface area contributed by atoms with Crippen molar-refractivity contribution in [3.63, 3.8) is 0 Å². The van der Waals surface area contributed by atoms with Gasteiger partial charge in [0.15, 0.2) is 0 Å². The normalized spacial score (nSPS) is 14.2. The molecule has 1 aromatic carbocycles. The van der Waals surface area contributed by atoms with Gasteiger partial charge in [0.05, 0.1) is 6.10 Å². The highest BCUT2D eigenvalue weighted by Crippen LogP contribution is 2.12. The molecular formula is C18H30N2O3. The lowest BCUT2D eigenvalue weighted by Crippen LogP contribution is -2.43. The maximum Gasteiger partial charge on any atom is 0.410 e. The number of ether oxygens (including phenoxy) is 1. The molecule has 1 rings (SSSR count). The minimum atomic E-state index is -0.589. The Labute approximate surface area is 139 Å². The van der Waals surface area contributed by atoms with Gasteiger partial charge in [-0.05, 0) is 40.2 Å². The zero-order valence-corrected chi connectivity index (χ0v) is 14.9. The fraction of sp³-hybridized carbons (Fsp3) is 0.611. The molecule has 0 saturated heterocycles. The Balaban J connectivity index is 2.52. The Morgan fingerprint density at radius 1 is 1.26 bits per heavy atom. The van der Waals surface area contributed by atoms with Crippen molar-refractivity contribution in [1.82, 2.24) is 10.2 Å². The van der Waals surface area contributed by atoms with E-state index in [4.69, 9.17) is 4.74 Å². The van der Waals surface area contributed by atoms with Crippen LogP contribution >= 0.6 is 0 Å². The summed E-state index contributed by atoms with van der Waals surface area (Å²) in [6, 6.07) is 10.3. The smallest absolute Gasteiger partial charge is 0.410 e. The second-order valence-electron chi connectivity index (χ2n) is 6.86. The topological polar surface area (TPSA) is 61.8 Å². The number of rotatable bonds is 7. The van der Waals surface area contributed by atoms with Crippen molar-refractivity contribution in [2.45, 2.75) is 52.4 Å². The third-order valence-electron chi connectivity index (χ3n) is 3.27. The second-order valence-corrected chi connectivity index (χ2v) is 6.86. The predicted octanol–water partition coefficient (Wildman–Crippen LogP) is 2.96. The average Bonchev–Trinajstić information content (AvgIpc) is 2.44. The summed E-state index contributed by atoms with van der Waals surface area (Å²) < 4.78 is 5.39. The molecule has 0 bridgehead atoms. The molecule has 0 aliphatic carbocycles. The van der Waals surface area contributed by atoms with Crippen molar-refractivity contribution in [2.24, 2.45) is 0 Å². The lowest BCUT2D eigenvalue weighted by molar-refractivity contribution is 0.0163. The van der Waals surface area contributed by atoms with Crippen molar-refractivity contribution in [3.8, 4) is 0 Å². The van der Waals surface area contributed by atoms with Crippen LogP contribution in [0.3, 0.4) is 0 Å². The lowest BCUT2D eigenvalue weighted by atomic mass is 10.1. The molecule has 5 nitrogen and oxygen atoms in total. The Hall–Kier alpha value is -1.59. The third-order valence-corrected chi connectivity index (χ3v) is 3.27. The lowest BCUT2D eigenvalue weighted by Gasteiger charge is -2.28. The van der Waals surface area contributed by atoms with Crippen molar-refractivity contribution in [1.29, 1.82) is 0 Å². The van der Waals surface area contributed by atoms with Crippen LogP contribution in [0, 0.1) is 0 Å². The number of nitrogens with zero attached hydrogens (tertiary/aromatic N) is 1. The highest BCUT2D eigenvalue weighted by atomic mass is 16.6. The maximum atomic E-state index is 12.2. The summed E-state index contributed by atoms with van der Waals surface area (Å²) in [5, 5.41) is 13.0. The Bertz CT molecular complexity index is 469. The molecule has 2 atom stereocenters. The van der Waals surface area contributed by atoms with E-state index in [0.717, 1.165) is 0 Å². The highest BCUT2D eigenvalue weighted by Gasteiger charge is 2.23. The molecule has 0 aliphatic heterocycles. The monoisotopic (exact) mass is 322 g/mol. The van der Waals surface area contributed by atoms with Gasteiger partial charge < -0.3 is 20.1 Å². The van der Waals surface area contributed by atoms with E-state index in [1.54, 1.807) is 11.8 Å². The van der Waals surface area contributed by atoms with Gasteiger partial charge in [-0.1, -0.05) is 30.3 Å². The van der Waals surface area contributed by atoms with Crippen LogP contribution in [0.5, 0.6) is 0 Å². The number of benzene rings is 1. The Morgan fingerprint density at radius 3 is 2.39 bits per heavy atom. The van der Waals surface area contributed by atoms with Crippen LogP contribution in [0.15, 0.2) is 30.3 Å². The van der Waals surface area contributed by atoms with Crippen LogP contribution in [-0.2, 0) is 4.74 Å².